The van der Waals surface area contributed by atoms with Crippen LogP contribution in [-0.2, 0) is 4.79 Å². The smallest absolute Gasteiger partial charge is 0.288 e. The number of benzene rings is 2. The Morgan fingerprint density at radius 3 is 2.44 bits per heavy atom. The number of hydrogen-bond donors (Lipinski definition) is 1. The van der Waals surface area contributed by atoms with E-state index in [-0.39, 0.29) is 5.91 Å². The molecule has 0 radical (unpaired) electrons. The Balaban J connectivity index is 1.63. The molecule has 3 rings (SSSR count). The lowest BCUT2D eigenvalue weighted by molar-refractivity contribution is -0.115. The van der Waals surface area contributed by atoms with Crippen LogP contribution in [0.5, 0.6) is 0 Å². The summed E-state index contributed by atoms with van der Waals surface area (Å²) >= 11 is 1.68. The molecular formula is C17H15F2N5OS2. The van der Waals surface area contributed by atoms with Gasteiger partial charge in [-0.2, -0.15) is 13.5 Å². The predicted molar refractivity (Wildman–Crippen MR) is 101 cm³/mol. The van der Waals surface area contributed by atoms with Gasteiger partial charge in [-0.05, 0) is 53.7 Å². The fourth-order valence-electron chi connectivity index (χ4n) is 2.16. The zero-order valence-electron chi connectivity index (χ0n) is 14.1. The number of nitrogens with zero attached hydrogens (tertiary/aromatic N) is 4. The lowest BCUT2D eigenvalue weighted by atomic mass is 10.3. The zero-order chi connectivity index (χ0) is 19.2. The Morgan fingerprint density at radius 1 is 1.07 bits per heavy atom. The fourth-order valence-corrected chi connectivity index (χ4v) is 3.47. The van der Waals surface area contributed by atoms with Gasteiger partial charge in [-0.3, -0.25) is 4.79 Å². The number of carbonyl (C=O) groups excluding carboxylic acids is 1. The molecule has 0 spiro atoms. The van der Waals surface area contributed by atoms with Gasteiger partial charge in [0.05, 0.1) is 10.9 Å². The highest BCUT2D eigenvalue weighted by Gasteiger charge is 2.19. The summed E-state index contributed by atoms with van der Waals surface area (Å²) in [4.78, 5) is 12.9. The van der Waals surface area contributed by atoms with Gasteiger partial charge in [0.25, 0.3) is 5.76 Å². The summed E-state index contributed by atoms with van der Waals surface area (Å²) in [6.07, 6.45) is 0. The zero-order valence-corrected chi connectivity index (χ0v) is 15.8. The molecule has 1 atom stereocenters. The van der Waals surface area contributed by atoms with Crippen molar-refractivity contribution in [1.82, 2.24) is 20.2 Å². The maximum Gasteiger partial charge on any atom is 0.288 e. The van der Waals surface area contributed by atoms with Crippen molar-refractivity contribution in [2.45, 2.75) is 28.0 Å². The average molecular weight is 407 g/mol. The Hall–Kier alpha value is -2.46. The molecule has 27 heavy (non-hydrogen) atoms. The third kappa shape index (κ3) is 5.27. The van der Waals surface area contributed by atoms with E-state index >= 15 is 0 Å². The van der Waals surface area contributed by atoms with E-state index < -0.39 is 11.0 Å². The second-order valence-corrected chi connectivity index (χ2v) is 7.73. The quantitative estimate of drug-likeness (QED) is 0.595. The maximum atomic E-state index is 12.4. The van der Waals surface area contributed by atoms with E-state index in [4.69, 9.17) is 0 Å². The number of halogens is 2. The van der Waals surface area contributed by atoms with Crippen molar-refractivity contribution in [1.29, 1.82) is 0 Å². The van der Waals surface area contributed by atoms with Crippen LogP contribution in [-0.4, -0.2) is 37.1 Å². The number of alkyl halides is 2. The van der Waals surface area contributed by atoms with E-state index in [1.165, 1.54) is 11.8 Å². The number of tetrazole rings is 1. The highest BCUT2D eigenvalue weighted by atomic mass is 32.2. The van der Waals surface area contributed by atoms with Gasteiger partial charge in [0, 0.05) is 10.6 Å². The van der Waals surface area contributed by atoms with Gasteiger partial charge in [0.1, 0.15) is 0 Å². The van der Waals surface area contributed by atoms with Gasteiger partial charge >= 0.3 is 0 Å². The van der Waals surface area contributed by atoms with Crippen LogP contribution in [0.3, 0.4) is 0 Å². The van der Waals surface area contributed by atoms with Crippen LogP contribution in [0.4, 0.5) is 14.5 Å². The molecule has 0 saturated carbocycles. The fraction of sp³-hybridized carbons (Fsp3) is 0.176. The minimum Gasteiger partial charge on any atom is -0.325 e. The first-order valence-electron chi connectivity index (χ1n) is 7.89. The summed E-state index contributed by atoms with van der Waals surface area (Å²) < 4.78 is 26.3. The normalized spacial score (nSPS) is 12.1. The molecule has 1 heterocycles. The maximum absolute atomic E-state index is 12.4. The molecule has 0 fully saturated rings. The number of amides is 1. The van der Waals surface area contributed by atoms with Gasteiger partial charge in [0.2, 0.25) is 11.1 Å². The predicted octanol–water partition coefficient (Wildman–Crippen LogP) is 4.10. The highest BCUT2D eigenvalue weighted by Crippen LogP contribution is 2.27. The van der Waals surface area contributed by atoms with Gasteiger partial charge in [-0.25, -0.2) is 0 Å². The summed E-state index contributed by atoms with van der Waals surface area (Å²) in [5.41, 5.74) is 1.33. The summed E-state index contributed by atoms with van der Waals surface area (Å²) in [6, 6.07) is 15.6. The standard InChI is InChI=1S/C17H15F2N5OS2/c1-11(15(25)20-12-7-9-14(10-8-12)27-16(18)19)26-17-21-22-23-24(17)13-5-3-2-4-6-13/h2-11,16H,1H3,(H,20,25)/t11-/m1/s1. The van der Waals surface area contributed by atoms with Crippen molar-refractivity contribution in [3.05, 3.63) is 54.6 Å². The molecule has 0 bridgehead atoms. The molecule has 0 aliphatic rings. The number of nitrogens with one attached hydrogen (secondary N) is 1. The topological polar surface area (TPSA) is 72.7 Å². The van der Waals surface area contributed by atoms with E-state index in [9.17, 15) is 13.6 Å². The first-order chi connectivity index (χ1) is 13.0. The van der Waals surface area contributed by atoms with Crippen molar-refractivity contribution in [3.63, 3.8) is 0 Å². The molecule has 0 unspecified atom stereocenters. The molecule has 6 nitrogen and oxygen atoms in total. The summed E-state index contributed by atoms with van der Waals surface area (Å²) in [5.74, 6) is -2.71. The minimum atomic E-state index is -2.47. The first-order valence-corrected chi connectivity index (χ1v) is 9.65. The van der Waals surface area contributed by atoms with Gasteiger partial charge in [-0.15, -0.1) is 5.10 Å². The highest BCUT2D eigenvalue weighted by molar-refractivity contribution is 8.00. The molecule has 1 aromatic heterocycles. The van der Waals surface area contributed by atoms with Crippen molar-refractivity contribution in [3.8, 4) is 5.69 Å². The monoisotopic (exact) mass is 407 g/mol. The molecule has 3 aromatic rings. The number of anilines is 1. The lowest BCUT2D eigenvalue weighted by Gasteiger charge is -2.12. The number of carbonyl (C=O) groups is 1. The van der Waals surface area contributed by atoms with Crippen LogP contribution < -0.4 is 5.32 Å². The second kappa shape index (κ2) is 8.96. The largest absolute Gasteiger partial charge is 0.325 e. The van der Waals surface area contributed by atoms with Gasteiger partial charge < -0.3 is 5.32 Å². The number of para-hydroxylation sites is 1. The Bertz CT molecular complexity index is 890. The second-order valence-electron chi connectivity index (χ2n) is 5.36. The molecule has 2 aromatic carbocycles. The Morgan fingerprint density at radius 2 is 1.78 bits per heavy atom. The number of thioether (sulfide) groups is 2. The van der Waals surface area contributed by atoms with Crippen LogP contribution >= 0.6 is 23.5 Å². The molecule has 10 heteroatoms. The Kier molecular flexibility index (Phi) is 6.40. The van der Waals surface area contributed by atoms with Gasteiger partial charge in [0.15, 0.2) is 0 Å². The average Bonchev–Trinajstić information content (AvgIpc) is 3.11. The van der Waals surface area contributed by atoms with Crippen LogP contribution in [0, 0.1) is 0 Å². The lowest BCUT2D eigenvalue weighted by Crippen LogP contribution is -2.22. The van der Waals surface area contributed by atoms with Gasteiger partial charge in [-0.1, -0.05) is 41.7 Å². The van der Waals surface area contributed by atoms with E-state index in [0.29, 0.717) is 27.5 Å². The van der Waals surface area contributed by atoms with Crippen LogP contribution in [0.25, 0.3) is 5.69 Å². The van der Waals surface area contributed by atoms with E-state index in [1.54, 1.807) is 35.9 Å². The van der Waals surface area contributed by atoms with E-state index in [1.807, 2.05) is 30.3 Å². The Labute approximate surface area is 162 Å². The van der Waals surface area contributed by atoms with Crippen LogP contribution in [0.15, 0.2) is 64.6 Å². The number of rotatable bonds is 7. The third-order valence-corrected chi connectivity index (χ3v) is 5.20. The van der Waals surface area contributed by atoms with Crippen molar-refractivity contribution < 1.29 is 13.6 Å². The number of hydrogen-bond acceptors (Lipinski definition) is 6. The minimum absolute atomic E-state index is 0.239. The first kappa shape index (κ1) is 19.3. The SMILES string of the molecule is C[C@@H](Sc1nnnn1-c1ccccc1)C(=O)Nc1ccc(SC(F)F)cc1. The van der Waals surface area contributed by atoms with Crippen molar-refractivity contribution >= 4 is 35.1 Å². The number of aromatic nitrogens is 4. The van der Waals surface area contributed by atoms with Crippen molar-refractivity contribution in [2.75, 3.05) is 5.32 Å². The summed E-state index contributed by atoms with van der Waals surface area (Å²) in [7, 11) is 0. The van der Waals surface area contributed by atoms with Crippen molar-refractivity contribution in [2.24, 2.45) is 0 Å². The molecule has 0 aliphatic heterocycles. The third-order valence-electron chi connectivity index (χ3n) is 3.44. The molecular weight excluding hydrogens is 392 g/mol. The van der Waals surface area contributed by atoms with E-state index in [0.717, 1.165) is 5.69 Å². The molecule has 140 valence electrons. The van der Waals surface area contributed by atoms with Crippen LogP contribution in [0.1, 0.15) is 6.92 Å². The molecule has 0 saturated heterocycles. The molecule has 1 amide bonds. The van der Waals surface area contributed by atoms with E-state index in [2.05, 4.69) is 20.8 Å². The summed E-state index contributed by atoms with van der Waals surface area (Å²) in [5, 5.41) is 14.4. The molecule has 0 aliphatic carbocycles. The van der Waals surface area contributed by atoms with Crippen LogP contribution in [0.2, 0.25) is 0 Å². The summed E-state index contributed by atoms with van der Waals surface area (Å²) in [6.45, 7) is 1.74. The molecule has 1 N–H and O–H groups in total.